The summed E-state index contributed by atoms with van der Waals surface area (Å²) in [6.07, 6.45) is 1.65. The van der Waals surface area contributed by atoms with Crippen molar-refractivity contribution in [2.24, 2.45) is 0 Å². The lowest BCUT2D eigenvalue weighted by atomic mass is 10.3. The number of carboxylic acid groups (broad SMARTS) is 1. The lowest BCUT2D eigenvalue weighted by molar-refractivity contribution is -0.133. The molecule has 15 heavy (non-hydrogen) atoms. The predicted molar refractivity (Wildman–Crippen MR) is 58.9 cm³/mol. The molecule has 5 heteroatoms. The van der Waals surface area contributed by atoms with Crippen LogP contribution in [-0.2, 0) is 4.79 Å². The smallest absolute Gasteiger partial charge is 0.334 e. The Morgan fingerprint density at radius 1 is 1.73 bits per heavy atom. The molecule has 1 heterocycles. The Labute approximate surface area is 95.7 Å². The maximum Gasteiger partial charge on any atom is 0.334 e. The minimum atomic E-state index is -1.06. The number of ether oxygens (including phenoxy) is 1. The molecule has 0 radical (unpaired) electrons. The minimum absolute atomic E-state index is 0.00868. The van der Waals surface area contributed by atoms with Crippen LogP contribution in [0.4, 0.5) is 0 Å². The van der Waals surface area contributed by atoms with Gasteiger partial charge in [-0.15, -0.1) is 0 Å². The molecule has 0 aliphatic rings. The number of hydrogen-bond donors (Lipinski definition) is 1. The summed E-state index contributed by atoms with van der Waals surface area (Å²) in [5, 5.41) is 8.58. The van der Waals surface area contributed by atoms with E-state index in [0.29, 0.717) is 11.4 Å². The van der Waals surface area contributed by atoms with Crippen LogP contribution >= 0.6 is 15.9 Å². The number of carbonyl (C=O) groups is 1. The van der Waals surface area contributed by atoms with E-state index in [1.807, 2.05) is 0 Å². The first-order valence-corrected chi connectivity index (χ1v) is 4.96. The molecular weight excluding hydrogens is 262 g/mol. The van der Waals surface area contributed by atoms with Gasteiger partial charge in [-0.3, -0.25) is 4.98 Å². The first kappa shape index (κ1) is 11.7. The third-order valence-corrected chi connectivity index (χ3v) is 2.15. The average Bonchev–Trinajstić information content (AvgIpc) is 2.18. The van der Waals surface area contributed by atoms with Crippen LogP contribution in [0.1, 0.15) is 5.69 Å². The monoisotopic (exact) mass is 271 g/mol. The van der Waals surface area contributed by atoms with Crippen LogP contribution < -0.4 is 4.74 Å². The Morgan fingerprint density at radius 3 is 3.00 bits per heavy atom. The van der Waals surface area contributed by atoms with E-state index >= 15 is 0 Å². The number of aromatic nitrogens is 1. The van der Waals surface area contributed by atoms with E-state index in [1.54, 1.807) is 19.2 Å². The van der Waals surface area contributed by atoms with Gasteiger partial charge in [0.25, 0.3) is 0 Å². The van der Waals surface area contributed by atoms with Crippen molar-refractivity contribution in [2.75, 3.05) is 6.61 Å². The molecule has 0 aliphatic carbocycles. The molecule has 0 saturated carbocycles. The highest BCUT2D eigenvalue weighted by molar-refractivity contribution is 9.10. The van der Waals surface area contributed by atoms with E-state index in [2.05, 4.69) is 27.5 Å². The van der Waals surface area contributed by atoms with Gasteiger partial charge in [0.2, 0.25) is 0 Å². The van der Waals surface area contributed by atoms with Gasteiger partial charge in [0, 0.05) is 10.7 Å². The fraction of sp³-hybridized carbons (Fsp3) is 0.200. The Bertz CT molecular complexity index is 404. The molecule has 0 amide bonds. The normalized spacial score (nSPS) is 9.73. The quantitative estimate of drug-likeness (QED) is 0.853. The van der Waals surface area contributed by atoms with Gasteiger partial charge in [0.1, 0.15) is 12.4 Å². The molecule has 0 aliphatic heterocycles. The number of aryl methyl sites for hydroxylation is 1. The van der Waals surface area contributed by atoms with Crippen LogP contribution in [0.5, 0.6) is 5.75 Å². The number of carboxylic acids is 1. The van der Waals surface area contributed by atoms with Crippen molar-refractivity contribution >= 4 is 21.9 Å². The minimum Gasteiger partial charge on any atom is -0.487 e. The molecule has 0 atom stereocenters. The highest BCUT2D eigenvalue weighted by Gasteiger charge is 2.07. The fourth-order valence-electron chi connectivity index (χ4n) is 0.862. The topological polar surface area (TPSA) is 59.4 Å². The second-order valence-corrected chi connectivity index (χ2v) is 3.85. The van der Waals surface area contributed by atoms with E-state index in [-0.39, 0.29) is 12.2 Å². The lowest BCUT2D eigenvalue weighted by Crippen LogP contribution is -2.09. The molecule has 0 fully saturated rings. The van der Waals surface area contributed by atoms with E-state index in [9.17, 15) is 4.79 Å². The molecule has 80 valence electrons. The van der Waals surface area contributed by atoms with Gasteiger partial charge in [-0.05, 0) is 28.9 Å². The van der Waals surface area contributed by atoms with Crippen molar-refractivity contribution in [3.63, 3.8) is 0 Å². The number of aliphatic carboxylic acids is 1. The summed E-state index contributed by atoms with van der Waals surface area (Å²) in [4.78, 5) is 14.5. The van der Waals surface area contributed by atoms with Crippen LogP contribution in [0.25, 0.3) is 0 Å². The Hall–Kier alpha value is -1.36. The van der Waals surface area contributed by atoms with Crippen molar-refractivity contribution in [1.82, 2.24) is 4.98 Å². The average molecular weight is 272 g/mol. The second kappa shape index (κ2) is 4.93. The van der Waals surface area contributed by atoms with Crippen LogP contribution in [0, 0.1) is 6.92 Å². The molecule has 1 aromatic heterocycles. The van der Waals surface area contributed by atoms with Gasteiger partial charge in [-0.2, -0.15) is 0 Å². The van der Waals surface area contributed by atoms with Crippen molar-refractivity contribution in [3.05, 3.63) is 34.6 Å². The summed E-state index contributed by atoms with van der Waals surface area (Å²) in [5.41, 5.74) is 0.714. The maximum atomic E-state index is 10.5. The van der Waals surface area contributed by atoms with Gasteiger partial charge in [0.15, 0.2) is 0 Å². The van der Waals surface area contributed by atoms with Crippen molar-refractivity contribution in [1.29, 1.82) is 0 Å². The predicted octanol–water partition coefficient (Wildman–Crippen LogP) is 2.17. The first-order chi connectivity index (χ1) is 7.00. The molecule has 0 bridgehead atoms. The fourth-order valence-corrected chi connectivity index (χ4v) is 1.17. The largest absolute Gasteiger partial charge is 0.487 e. The van der Waals surface area contributed by atoms with Crippen LogP contribution in [0.2, 0.25) is 0 Å². The van der Waals surface area contributed by atoms with Crippen LogP contribution in [0.3, 0.4) is 0 Å². The van der Waals surface area contributed by atoms with Gasteiger partial charge in [-0.1, -0.05) is 6.58 Å². The van der Waals surface area contributed by atoms with E-state index in [1.165, 1.54) is 0 Å². The summed E-state index contributed by atoms with van der Waals surface area (Å²) in [6.45, 7) is 5.10. The summed E-state index contributed by atoms with van der Waals surface area (Å²) < 4.78 is 6.05. The zero-order valence-corrected chi connectivity index (χ0v) is 9.74. The third-order valence-electron chi connectivity index (χ3n) is 1.71. The highest BCUT2D eigenvalue weighted by Crippen LogP contribution is 2.20. The maximum absolute atomic E-state index is 10.5. The Morgan fingerprint density at radius 2 is 2.40 bits per heavy atom. The van der Waals surface area contributed by atoms with Gasteiger partial charge < -0.3 is 9.84 Å². The molecule has 0 spiro atoms. The van der Waals surface area contributed by atoms with E-state index in [0.717, 1.165) is 4.47 Å². The molecule has 0 saturated heterocycles. The van der Waals surface area contributed by atoms with Crippen molar-refractivity contribution in [3.8, 4) is 5.75 Å². The highest BCUT2D eigenvalue weighted by atomic mass is 79.9. The van der Waals surface area contributed by atoms with Crippen LogP contribution in [-0.4, -0.2) is 22.7 Å². The van der Waals surface area contributed by atoms with E-state index in [4.69, 9.17) is 9.84 Å². The molecule has 1 N–H and O–H groups in total. The number of pyridine rings is 1. The lowest BCUT2D eigenvalue weighted by Gasteiger charge is -2.08. The zero-order chi connectivity index (χ0) is 11.4. The molecule has 1 rings (SSSR count). The number of nitrogens with zero attached hydrogens (tertiary/aromatic N) is 1. The Kier molecular flexibility index (Phi) is 3.85. The van der Waals surface area contributed by atoms with Crippen molar-refractivity contribution < 1.29 is 14.6 Å². The zero-order valence-electron chi connectivity index (χ0n) is 8.16. The summed E-state index contributed by atoms with van der Waals surface area (Å²) >= 11 is 3.25. The molecule has 0 aromatic carbocycles. The number of hydrogen-bond acceptors (Lipinski definition) is 3. The van der Waals surface area contributed by atoms with Gasteiger partial charge in [0.05, 0.1) is 11.3 Å². The van der Waals surface area contributed by atoms with E-state index < -0.39 is 5.97 Å². The standard InChI is InChI=1S/C10H10BrNO3/c1-6(10(13)14)5-15-9-3-8(11)4-12-7(9)2/h3-4H,1,5H2,2H3,(H,13,14). The Balaban J connectivity index is 2.69. The van der Waals surface area contributed by atoms with Crippen LogP contribution in [0.15, 0.2) is 28.9 Å². The summed E-state index contributed by atoms with van der Waals surface area (Å²) in [5.74, 6) is -0.512. The number of halogens is 1. The second-order valence-electron chi connectivity index (χ2n) is 2.93. The number of rotatable bonds is 4. The molecule has 4 nitrogen and oxygen atoms in total. The molecular formula is C10H10BrNO3. The molecule has 1 aromatic rings. The first-order valence-electron chi connectivity index (χ1n) is 4.16. The SMILES string of the molecule is C=C(COc1cc(Br)cnc1C)C(=O)O. The van der Waals surface area contributed by atoms with Crippen molar-refractivity contribution in [2.45, 2.75) is 6.92 Å². The third kappa shape index (κ3) is 3.36. The molecule has 0 unspecified atom stereocenters. The summed E-state index contributed by atoms with van der Waals surface area (Å²) in [6, 6.07) is 1.73. The van der Waals surface area contributed by atoms with Gasteiger partial charge >= 0.3 is 5.97 Å². The van der Waals surface area contributed by atoms with Gasteiger partial charge in [-0.25, -0.2) is 4.79 Å². The summed E-state index contributed by atoms with van der Waals surface area (Å²) in [7, 11) is 0.